The van der Waals surface area contributed by atoms with Gasteiger partial charge in [0.25, 0.3) is 0 Å². The highest BCUT2D eigenvalue weighted by atomic mass is 16.7. The summed E-state index contributed by atoms with van der Waals surface area (Å²) in [4.78, 5) is 58.9. The first-order chi connectivity index (χ1) is 17.0. The number of carbonyl (C=O) groups excluding carboxylic acids is 5. The smallest absolute Gasteiger partial charge is 0.337 e. The molecule has 13 heteroatoms. The van der Waals surface area contributed by atoms with Gasteiger partial charge in [-0.1, -0.05) is 0 Å². The van der Waals surface area contributed by atoms with E-state index in [1.54, 1.807) is 0 Å². The Hall–Kier alpha value is -3.87. The molecule has 36 heavy (non-hydrogen) atoms. The summed E-state index contributed by atoms with van der Waals surface area (Å²) < 4.78 is 42.8. The predicted molar refractivity (Wildman–Crippen MR) is 117 cm³/mol. The molecular weight excluding hydrogens is 484 g/mol. The summed E-state index contributed by atoms with van der Waals surface area (Å²) in [5.74, 6) is -3.41. The van der Waals surface area contributed by atoms with E-state index in [9.17, 15) is 24.0 Å². The maximum absolute atomic E-state index is 11.9. The van der Waals surface area contributed by atoms with Crippen LogP contribution in [0.5, 0.6) is 11.5 Å². The van der Waals surface area contributed by atoms with Gasteiger partial charge in [-0.3, -0.25) is 19.2 Å². The van der Waals surface area contributed by atoms with Crippen LogP contribution < -0.4 is 9.47 Å². The zero-order valence-corrected chi connectivity index (χ0v) is 20.6. The van der Waals surface area contributed by atoms with Crippen molar-refractivity contribution in [2.75, 3.05) is 20.8 Å². The SMILES string of the molecule is COC(=O)c1ccc(O[C@@H]2O[C@H](COC(C)=O)[C@@H](OC(C)=O)[C@H](OC(C)=O)[C@H]2OC(C)=O)c(OC)c1. The molecular formula is C23H28O13. The van der Waals surface area contributed by atoms with Crippen LogP contribution >= 0.6 is 0 Å². The van der Waals surface area contributed by atoms with Gasteiger partial charge in [0.1, 0.15) is 12.7 Å². The molecule has 2 rings (SSSR count). The van der Waals surface area contributed by atoms with Gasteiger partial charge in [-0.25, -0.2) is 4.79 Å². The monoisotopic (exact) mass is 512 g/mol. The lowest BCUT2D eigenvalue weighted by atomic mass is 9.98. The Bertz CT molecular complexity index is 988. The van der Waals surface area contributed by atoms with E-state index < -0.39 is 67.2 Å². The number of benzene rings is 1. The minimum Gasteiger partial charge on any atom is -0.493 e. The summed E-state index contributed by atoms with van der Waals surface area (Å²) >= 11 is 0. The van der Waals surface area contributed by atoms with Gasteiger partial charge in [0.15, 0.2) is 23.7 Å². The number of hydrogen-bond acceptors (Lipinski definition) is 13. The highest BCUT2D eigenvalue weighted by molar-refractivity contribution is 5.90. The van der Waals surface area contributed by atoms with E-state index >= 15 is 0 Å². The molecule has 1 heterocycles. The summed E-state index contributed by atoms with van der Waals surface area (Å²) in [6.07, 6.45) is -6.77. The van der Waals surface area contributed by atoms with Crippen molar-refractivity contribution >= 4 is 29.8 Å². The van der Waals surface area contributed by atoms with Crippen molar-refractivity contribution in [1.29, 1.82) is 0 Å². The first-order valence-electron chi connectivity index (χ1n) is 10.7. The van der Waals surface area contributed by atoms with Gasteiger partial charge >= 0.3 is 29.8 Å². The summed E-state index contributed by atoms with van der Waals surface area (Å²) in [6, 6.07) is 4.14. The van der Waals surface area contributed by atoms with Crippen molar-refractivity contribution in [3.05, 3.63) is 23.8 Å². The van der Waals surface area contributed by atoms with Crippen LogP contribution in [0, 0.1) is 0 Å². The second-order valence-corrected chi connectivity index (χ2v) is 7.54. The highest BCUT2D eigenvalue weighted by Crippen LogP contribution is 2.35. The first kappa shape index (κ1) is 28.4. The summed E-state index contributed by atoms with van der Waals surface area (Å²) in [7, 11) is 2.55. The average Bonchev–Trinajstić information content (AvgIpc) is 2.80. The zero-order chi connectivity index (χ0) is 27.0. The molecule has 0 unspecified atom stereocenters. The topological polar surface area (TPSA) is 159 Å². The molecule has 0 amide bonds. The van der Waals surface area contributed by atoms with Crippen molar-refractivity contribution < 1.29 is 61.9 Å². The number of hydrogen-bond donors (Lipinski definition) is 0. The minimum atomic E-state index is -1.46. The van der Waals surface area contributed by atoms with Crippen LogP contribution in [0.3, 0.4) is 0 Å². The number of carbonyl (C=O) groups is 5. The number of esters is 5. The minimum absolute atomic E-state index is 0.0612. The molecule has 0 bridgehead atoms. The van der Waals surface area contributed by atoms with Crippen LogP contribution in [-0.4, -0.2) is 81.4 Å². The molecule has 1 aliphatic rings. The van der Waals surface area contributed by atoms with Crippen LogP contribution in [0.15, 0.2) is 18.2 Å². The molecule has 198 valence electrons. The fourth-order valence-corrected chi connectivity index (χ4v) is 3.42. The van der Waals surface area contributed by atoms with Crippen LogP contribution in [-0.2, 0) is 47.6 Å². The summed E-state index contributed by atoms with van der Waals surface area (Å²) in [5.41, 5.74) is 0.170. The molecule has 0 aliphatic carbocycles. The molecule has 5 atom stereocenters. The van der Waals surface area contributed by atoms with Crippen LogP contribution in [0.2, 0.25) is 0 Å². The maximum atomic E-state index is 11.9. The Morgan fingerprint density at radius 3 is 1.89 bits per heavy atom. The first-order valence-corrected chi connectivity index (χ1v) is 10.7. The third kappa shape index (κ3) is 7.57. The third-order valence-corrected chi connectivity index (χ3v) is 4.78. The lowest BCUT2D eigenvalue weighted by molar-refractivity contribution is -0.288. The van der Waals surface area contributed by atoms with Crippen molar-refractivity contribution in [3.8, 4) is 11.5 Å². The lowest BCUT2D eigenvalue weighted by Crippen LogP contribution is -2.63. The van der Waals surface area contributed by atoms with E-state index in [1.165, 1.54) is 32.4 Å². The normalized spacial score (nSPS) is 23.0. The van der Waals surface area contributed by atoms with Crippen LogP contribution in [0.4, 0.5) is 0 Å². The van der Waals surface area contributed by atoms with Crippen LogP contribution in [0.25, 0.3) is 0 Å². The molecule has 0 saturated carbocycles. The maximum Gasteiger partial charge on any atom is 0.337 e. The molecule has 0 N–H and O–H groups in total. The third-order valence-electron chi connectivity index (χ3n) is 4.78. The lowest BCUT2D eigenvalue weighted by Gasteiger charge is -2.44. The predicted octanol–water partition coefficient (Wildman–Crippen LogP) is 0.944. The van der Waals surface area contributed by atoms with Gasteiger partial charge < -0.3 is 37.9 Å². The standard InChI is InChI=1S/C23H28O13/c1-11(24)31-10-18-19(32-12(2)25)20(33-13(3)26)21(34-14(4)27)23(36-18)35-16-8-7-15(22(28)30-6)9-17(16)29-5/h7-9,18-21,23H,10H2,1-6H3/t18-,19-,20+,21-,23-/m1/s1. The average molecular weight is 512 g/mol. The molecule has 1 aromatic rings. The Morgan fingerprint density at radius 1 is 0.778 bits per heavy atom. The van der Waals surface area contributed by atoms with Gasteiger partial charge in [0, 0.05) is 27.7 Å². The van der Waals surface area contributed by atoms with E-state index in [0.717, 1.165) is 27.7 Å². The van der Waals surface area contributed by atoms with Crippen molar-refractivity contribution in [2.24, 2.45) is 0 Å². The largest absolute Gasteiger partial charge is 0.493 e. The number of methoxy groups -OCH3 is 2. The second kappa shape index (κ2) is 12.7. The Balaban J connectivity index is 2.52. The Labute approximate surface area is 206 Å². The second-order valence-electron chi connectivity index (χ2n) is 7.54. The summed E-state index contributed by atoms with van der Waals surface area (Å²) in [5, 5.41) is 0. The van der Waals surface area contributed by atoms with E-state index in [0.29, 0.717) is 0 Å². The fourth-order valence-electron chi connectivity index (χ4n) is 3.42. The van der Waals surface area contributed by atoms with Crippen molar-refractivity contribution in [3.63, 3.8) is 0 Å². The Kier molecular flexibility index (Phi) is 10.0. The molecule has 0 aromatic heterocycles. The highest BCUT2D eigenvalue weighted by Gasteiger charge is 2.53. The van der Waals surface area contributed by atoms with E-state index in [1.807, 2.05) is 0 Å². The number of rotatable bonds is 9. The number of ether oxygens (including phenoxy) is 8. The van der Waals surface area contributed by atoms with Gasteiger partial charge in [0.05, 0.1) is 19.8 Å². The molecule has 0 radical (unpaired) electrons. The molecule has 1 saturated heterocycles. The summed E-state index contributed by atoms with van der Waals surface area (Å²) in [6.45, 7) is 4.09. The van der Waals surface area contributed by atoms with Crippen molar-refractivity contribution in [2.45, 2.75) is 58.4 Å². The van der Waals surface area contributed by atoms with Gasteiger partial charge in [-0.05, 0) is 18.2 Å². The molecule has 1 fully saturated rings. The van der Waals surface area contributed by atoms with Gasteiger partial charge in [-0.2, -0.15) is 0 Å². The van der Waals surface area contributed by atoms with E-state index in [2.05, 4.69) is 0 Å². The van der Waals surface area contributed by atoms with E-state index in [-0.39, 0.29) is 17.1 Å². The fraction of sp³-hybridized carbons (Fsp3) is 0.522. The van der Waals surface area contributed by atoms with Gasteiger partial charge in [0.2, 0.25) is 12.4 Å². The quantitative estimate of drug-likeness (QED) is 0.340. The molecule has 13 nitrogen and oxygen atoms in total. The zero-order valence-electron chi connectivity index (χ0n) is 20.6. The molecule has 1 aromatic carbocycles. The van der Waals surface area contributed by atoms with Crippen LogP contribution in [0.1, 0.15) is 38.1 Å². The molecule has 0 spiro atoms. The van der Waals surface area contributed by atoms with Gasteiger partial charge in [-0.15, -0.1) is 0 Å². The molecule has 1 aliphatic heterocycles. The van der Waals surface area contributed by atoms with Crippen molar-refractivity contribution in [1.82, 2.24) is 0 Å². The Morgan fingerprint density at radius 2 is 1.36 bits per heavy atom. The van der Waals surface area contributed by atoms with E-state index in [4.69, 9.17) is 37.9 Å².